The van der Waals surface area contributed by atoms with Crippen LogP contribution in [0.3, 0.4) is 0 Å². The van der Waals surface area contributed by atoms with E-state index in [4.69, 9.17) is 9.47 Å². The summed E-state index contributed by atoms with van der Waals surface area (Å²) in [5.41, 5.74) is -0.167. The Kier molecular flexibility index (Phi) is 4.59. The Bertz CT molecular complexity index is 588. The minimum absolute atomic E-state index is 0.00351. The number of hydrogen-bond acceptors (Lipinski definition) is 4. The average Bonchev–Trinajstić information content (AvgIpc) is 2.52. The number of carbonyl (C=O) groups excluding carboxylic acids is 2. The van der Waals surface area contributed by atoms with E-state index in [0.717, 1.165) is 0 Å². The number of likely N-dealkylation sites (tertiary alicyclic amines) is 1. The molecule has 1 heterocycles. The Morgan fingerprint density at radius 1 is 1.27 bits per heavy atom. The van der Waals surface area contributed by atoms with Crippen molar-refractivity contribution in [2.45, 2.75) is 32.2 Å². The molecular formula is C16H22N2O4. The van der Waals surface area contributed by atoms with Crippen molar-refractivity contribution < 1.29 is 19.1 Å². The number of hydrogen-bond donors (Lipinski definition) is 1. The molecule has 0 aliphatic carbocycles. The highest BCUT2D eigenvalue weighted by Crippen LogP contribution is 2.34. The van der Waals surface area contributed by atoms with E-state index in [1.54, 1.807) is 51.2 Å². The van der Waals surface area contributed by atoms with E-state index in [-0.39, 0.29) is 11.8 Å². The van der Waals surface area contributed by atoms with Gasteiger partial charge in [0.05, 0.1) is 14.2 Å². The predicted molar refractivity (Wildman–Crippen MR) is 83.2 cm³/mol. The highest BCUT2D eigenvalue weighted by molar-refractivity contribution is 6.01. The van der Waals surface area contributed by atoms with Gasteiger partial charge in [-0.15, -0.1) is 0 Å². The fourth-order valence-electron chi connectivity index (χ4n) is 2.57. The number of amides is 2. The molecule has 1 aliphatic heterocycles. The Morgan fingerprint density at radius 2 is 1.95 bits per heavy atom. The van der Waals surface area contributed by atoms with Gasteiger partial charge in [0, 0.05) is 24.7 Å². The number of nitrogens with one attached hydrogen (secondary N) is 1. The molecule has 1 atom stereocenters. The molecular weight excluding hydrogens is 284 g/mol. The van der Waals surface area contributed by atoms with Gasteiger partial charge in [0.15, 0.2) is 11.5 Å². The lowest BCUT2D eigenvalue weighted by Gasteiger charge is -2.49. The Balaban J connectivity index is 2.14. The Labute approximate surface area is 130 Å². The monoisotopic (exact) mass is 306 g/mol. The van der Waals surface area contributed by atoms with Crippen LogP contribution in [0.1, 0.15) is 26.7 Å². The second-order valence-electron chi connectivity index (χ2n) is 5.45. The molecule has 0 saturated carbocycles. The van der Waals surface area contributed by atoms with Crippen molar-refractivity contribution >= 4 is 17.5 Å². The smallest absolute Gasteiger partial charge is 0.250 e. The molecule has 2 amide bonds. The number of rotatable bonds is 5. The van der Waals surface area contributed by atoms with Crippen molar-refractivity contribution in [2.75, 3.05) is 26.1 Å². The van der Waals surface area contributed by atoms with Crippen molar-refractivity contribution in [1.82, 2.24) is 4.90 Å². The van der Waals surface area contributed by atoms with E-state index >= 15 is 0 Å². The number of anilines is 1. The zero-order valence-electron chi connectivity index (χ0n) is 13.4. The van der Waals surface area contributed by atoms with Crippen LogP contribution in [-0.4, -0.2) is 43.0 Å². The van der Waals surface area contributed by atoms with Gasteiger partial charge in [-0.3, -0.25) is 9.59 Å². The molecule has 1 fully saturated rings. The average molecular weight is 306 g/mol. The maximum atomic E-state index is 12.5. The van der Waals surface area contributed by atoms with Crippen LogP contribution in [0.4, 0.5) is 5.69 Å². The van der Waals surface area contributed by atoms with Crippen LogP contribution in [0, 0.1) is 0 Å². The largest absolute Gasteiger partial charge is 0.493 e. The van der Waals surface area contributed by atoms with Crippen LogP contribution < -0.4 is 14.8 Å². The third-order valence-corrected chi connectivity index (χ3v) is 4.15. The SMILES string of the molecule is CCC(=O)N1CCC1(C)C(=O)Nc1ccc(OC)c(OC)c1. The van der Waals surface area contributed by atoms with Gasteiger partial charge >= 0.3 is 0 Å². The summed E-state index contributed by atoms with van der Waals surface area (Å²) in [5, 5.41) is 2.85. The lowest BCUT2D eigenvalue weighted by molar-refractivity contribution is -0.154. The first-order chi connectivity index (χ1) is 10.5. The molecule has 1 saturated heterocycles. The molecule has 2 rings (SSSR count). The first kappa shape index (κ1) is 16.1. The van der Waals surface area contributed by atoms with E-state index in [1.807, 2.05) is 0 Å². The second kappa shape index (κ2) is 6.25. The molecule has 1 aliphatic rings. The lowest BCUT2D eigenvalue weighted by atomic mass is 9.85. The minimum Gasteiger partial charge on any atom is -0.493 e. The highest BCUT2D eigenvalue weighted by Gasteiger charge is 2.48. The molecule has 120 valence electrons. The van der Waals surface area contributed by atoms with Gasteiger partial charge in [0.1, 0.15) is 5.54 Å². The number of ether oxygens (including phenoxy) is 2. The number of methoxy groups -OCH3 is 2. The normalized spacial score (nSPS) is 20.1. The third kappa shape index (κ3) is 2.73. The van der Waals surface area contributed by atoms with Gasteiger partial charge in [-0.05, 0) is 25.5 Å². The molecule has 0 aromatic heterocycles. The first-order valence-corrected chi connectivity index (χ1v) is 7.30. The lowest BCUT2D eigenvalue weighted by Crippen LogP contribution is -2.66. The molecule has 1 aromatic carbocycles. The quantitative estimate of drug-likeness (QED) is 0.904. The van der Waals surface area contributed by atoms with E-state index < -0.39 is 5.54 Å². The number of nitrogens with zero attached hydrogens (tertiary/aromatic N) is 1. The van der Waals surface area contributed by atoms with Crippen LogP contribution in [0.25, 0.3) is 0 Å². The van der Waals surface area contributed by atoms with Gasteiger partial charge in [-0.25, -0.2) is 0 Å². The fourth-order valence-corrected chi connectivity index (χ4v) is 2.57. The van der Waals surface area contributed by atoms with Gasteiger partial charge in [0.2, 0.25) is 11.8 Å². The third-order valence-electron chi connectivity index (χ3n) is 4.15. The summed E-state index contributed by atoms with van der Waals surface area (Å²) >= 11 is 0. The van der Waals surface area contributed by atoms with E-state index in [1.165, 1.54) is 0 Å². The molecule has 1 N–H and O–H groups in total. The van der Waals surface area contributed by atoms with Gasteiger partial charge < -0.3 is 19.7 Å². The summed E-state index contributed by atoms with van der Waals surface area (Å²) in [5.74, 6) is 0.947. The van der Waals surface area contributed by atoms with Crippen LogP contribution in [0.15, 0.2) is 18.2 Å². The predicted octanol–water partition coefficient (Wildman–Crippen LogP) is 2.04. The number of benzene rings is 1. The zero-order valence-corrected chi connectivity index (χ0v) is 13.4. The molecule has 0 spiro atoms. The van der Waals surface area contributed by atoms with Gasteiger partial charge in [0.25, 0.3) is 0 Å². The topological polar surface area (TPSA) is 67.9 Å². The summed E-state index contributed by atoms with van der Waals surface area (Å²) in [4.78, 5) is 26.0. The molecule has 1 unspecified atom stereocenters. The molecule has 6 nitrogen and oxygen atoms in total. The van der Waals surface area contributed by atoms with Crippen molar-refractivity contribution in [2.24, 2.45) is 0 Å². The molecule has 0 radical (unpaired) electrons. The molecule has 6 heteroatoms. The van der Waals surface area contributed by atoms with Crippen molar-refractivity contribution in [3.8, 4) is 11.5 Å². The van der Waals surface area contributed by atoms with Gasteiger partial charge in [-0.1, -0.05) is 6.92 Å². The molecule has 22 heavy (non-hydrogen) atoms. The van der Waals surface area contributed by atoms with E-state index in [2.05, 4.69) is 5.32 Å². The van der Waals surface area contributed by atoms with Crippen molar-refractivity contribution in [1.29, 1.82) is 0 Å². The van der Waals surface area contributed by atoms with E-state index in [9.17, 15) is 9.59 Å². The van der Waals surface area contributed by atoms with Crippen LogP contribution in [0.2, 0.25) is 0 Å². The summed E-state index contributed by atoms with van der Waals surface area (Å²) in [6.07, 6.45) is 1.07. The standard InChI is InChI=1S/C16H22N2O4/c1-5-14(19)18-9-8-16(18,2)15(20)17-11-6-7-12(21-3)13(10-11)22-4/h6-7,10H,5,8-9H2,1-4H3,(H,17,20). The minimum atomic E-state index is -0.778. The molecule has 0 bridgehead atoms. The number of carbonyl (C=O) groups is 2. The molecule has 1 aromatic rings. The van der Waals surface area contributed by atoms with Crippen molar-refractivity contribution in [3.63, 3.8) is 0 Å². The van der Waals surface area contributed by atoms with Gasteiger partial charge in [-0.2, -0.15) is 0 Å². The summed E-state index contributed by atoms with van der Waals surface area (Å²) < 4.78 is 10.4. The summed E-state index contributed by atoms with van der Waals surface area (Å²) in [6.45, 7) is 4.22. The Morgan fingerprint density at radius 3 is 2.45 bits per heavy atom. The maximum absolute atomic E-state index is 12.5. The van der Waals surface area contributed by atoms with Crippen LogP contribution >= 0.6 is 0 Å². The van der Waals surface area contributed by atoms with E-state index in [0.29, 0.717) is 36.6 Å². The highest BCUT2D eigenvalue weighted by atomic mass is 16.5. The van der Waals surface area contributed by atoms with Crippen molar-refractivity contribution in [3.05, 3.63) is 18.2 Å². The van der Waals surface area contributed by atoms with Crippen LogP contribution in [0.5, 0.6) is 11.5 Å². The zero-order chi connectivity index (χ0) is 16.3. The maximum Gasteiger partial charge on any atom is 0.250 e. The fraction of sp³-hybridized carbons (Fsp3) is 0.500. The summed E-state index contributed by atoms with van der Waals surface area (Å²) in [7, 11) is 3.10. The Hall–Kier alpha value is -2.24. The first-order valence-electron chi connectivity index (χ1n) is 7.30. The summed E-state index contributed by atoms with van der Waals surface area (Å²) in [6, 6.07) is 5.17. The van der Waals surface area contributed by atoms with Crippen LogP contribution in [-0.2, 0) is 9.59 Å². The second-order valence-corrected chi connectivity index (χ2v) is 5.45.